The maximum Gasteiger partial charge on any atom is 0.320 e. The maximum absolute atomic E-state index is 12.8. The predicted octanol–water partition coefficient (Wildman–Crippen LogP) is 3.69. The summed E-state index contributed by atoms with van der Waals surface area (Å²) in [5, 5.41) is 4.12. The van der Waals surface area contributed by atoms with Crippen LogP contribution in [0.4, 0.5) is 15.7 Å². The topological polar surface area (TPSA) is 74.2 Å². The zero-order valence-corrected chi connectivity index (χ0v) is 16.8. The molecule has 2 aromatic rings. The van der Waals surface area contributed by atoms with Crippen molar-refractivity contribution in [2.75, 3.05) is 31.5 Å². The summed E-state index contributed by atoms with van der Waals surface area (Å²) in [7, 11) is 0. The molecule has 2 aromatic heterocycles. The lowest BCUT2D eigenvalue weighted by atomic mass is 10.0. The van der Waals surface area contributed by atoms with E-state index in [-0.39, 0.29) is 11.9 Å². The van der Waals surface area contributed by atoms with Gasteiger partial charge < -0.3 is 15.1 Å². The van der Waals surface area contributed by atoms with E-state index in [9.17, 15) is 4.79 Å². The number of anilines is 2. The number of likely N-dealkylation sites (tertiary alicyclic amines) is 2. The molecule has 2 saturated heterocycles. The molecule has 0 aliphatic carbocycles. The number of carbonyl (C=O) groups excluding carboxylic acids is 1. The van der Waals surface area contributed by atoms with Crippen LogP contribution in [0.2, 0.25) is 0 Å². The number of piperidine rings is 1. The quantitative estimate of drug-likeness (QED) is 0.871. The summed E-state index contributed by atoms with van der Waals surface area (Å²) in [5.41, 5.74) is 1.01. The molecule has 27 heavy (non-hydrogen) atoms. The smallest absolute Gasteiger partial charge is 0.320 e. The van der Waals surface area contributed by atoms with Gasteiger partial charge in [0.2, 0.25) is 0 Å². The van der Waals surface area contributed by atoms with Crippen molar-refractivity contribution in [3.63, 3.8) is 0 Å². The van der Waals surface area contributed by atoms with Gasteiger partial charge in [0.25, 0.3) is 0 Å². The lowest BCUT2D eigenvalue weighted by Crippen LogP contribution is -2.44. The first-order chi connectivity index (χ1) is 13.1. The highest BCUT2D eigenvalue weighted by molar-refractivity contribution is 7.15. The van der Waals surface area contributed by atoms with Crippen LogP contribution >= 0.6 is 11.3 Å². The molecule has 1 unspecified atom stereocenters. The third-order valence-corrected chi connectivity index (χ3v) is 6.05. The number of aromatic nitrogens is 3. The van der Waals surface area contributed by atoms with Gasteiger partial charge in [-0.1, -0.05) is 0 Å². The molecule has 7 nitrogen and oxygen atoms in total. The van der Waals surface area contributed by atoms with E-state index in [0.717, 1.165) is 72.8 Å². The Balaban J connectivity index is 1.44. The van der Waals surface area contributed by atoms with E-state index < -0.39 is 0 Å². The standard InChI is InChI=1S/C19H26N6OS/c1-13-11-20-18(27-13)23-17-10-16(21-14(2)22-17)15-6-9-25(12-15)19(26)24-7-4-3-5-8-24/h10-11,15H,3-9,12H2,1-2H3,(H,20,21,22,23). The average molecular weight is 387 g/mol. The number of thiazole rings is 1. The van der Waals surface area contributed by atoms with E-state index >= 15 is 0 Å². The highest BCUT2D eigenvalue weighted by Gasteiger charge is 2.31. The summed E-state index contributed by atoms with van der Waals surface area (Å²) < 4.78 is 0. The summed E-state index contributed by atoms with van der Waals surface area (Å²) in [6, 6.07) is 2.20. The van der Waals surface area contributed by atoms with Crippen molar-refractivity contribution in [1.82, 2.24) is 24.8 Å². The first kappa shape index (κ1) is 18.2. The highest BCUT2D eigenvalue weighted by Crippen LogP contribution is 2.29. The van der Waals surface area contributed by atoms with Crippen LogP contribution in [-0.4, -0.2) is 57.0 Å². The fourth-order valence-corrected chi connectivity index (χ4v) is 4.52. The Morgan fingerprint density at radius 1 is 1.15 bits per heavy atom. The van der Waals surface area contributed by atoms with Crippen molar-refractivity contribution in [2.24, 2.45) is 0 Å². The molecule has 4 heterocycles. The van der Waals surface area contributed by atoms with Crippen molar-refractivity contribution in [1.29, 1.82) is 0 Å². The van der Waals surface area contributed by atoms with E-state index in [1.807, 2.05) is 35.9 Å². The Kier molecular flexibility index (Phi) is 5.24. The second kappa shape index (κ2) is 7.80. The van der Waals surface area contributed by atoms with Crippen LogP contribution in [0.5, 0.6) is 0 Å². The van der Waals surface area contributed by atoms with E-state index in [0.29, 0.717) is 0 Å². The number of hydrogen-bond donors (Lipinski definition) is 1. The Hall–Kier alpha value is -2.22. The first-order valence-electron chi connectivity index (χ1n) is 9.67. The van der Waals surface area contributed by atoms with Crippen molar-refractivity contribution >= 4 is 28.3 Å². The molecule has 2 aliphatic rings. The monoisotopic (exact) mass is 386 g/mol. The third-order valence-electron chi connectivity index (χ3n) is 5.22. The second-order valence-electron chi connectivity index (χ2n) is 7.39. The van der Waals surface area contributed by atoms with Gasteiger partial charge >= 0.3 is 6.03 Å². The highest BCUT2D eigenvalue weighted by atomic mass is 32.1. The fraction of sp³-hybridized carbons (Fsp3) is 0.579. The summed E-state index contributed by atoms with van der Waals surface area (Å²) in [5.74, 6) is 1.77. The van der Waals surface area contributed by atoms with Gasteiger partial charge in [-0.15, -0.1) is 11.3 Å². The molecule has 0 radical (unpaired) electrons. The van der Waals surface area contributed by atoms with Gasteiger partial charge in [0, 0.05) is 49.2 Å². The Bertz CT molecular complexity index is 816. The van der Waals surface area contributed by atoms with Crippen molar-refractivity contribution in [2.45, 2.75) is 45.4 Å². The molecule has 8 heteroatoms. The lowest BCUT2D eigenvalue weighted by molar-refractivity contribution is 0.152. The minimum Gasteiger partial charge on any atom is -0.325 e. The largest absolute Gasteiger partial charge is 0.325 e. The molecule has 144 valence electrons. The summed E-state index contributed by atoms with van der Waals surface area (Å²) in [6.07, 6.45) is 6.29. The molecule has 0 bridgehead atoms. The van der Waals surface area contributed by atoms with Crippen LogP contribution in [0.15, 0.2) is 12.3 Å². The Morgan fingerprint density at radius 3 is 2.70 bits per heavy atom. The predicted molar refractivity (Wildman–Crippen MR) is 107 cm³/mol. The Labute approximate surface area is 163 Å². The van der Waals surface area contributed by atoms with Crippen LogP contribution in [0.1, 0.15) is 48.0 Å². The van der Waals surface area contributed by atoms with Crippen LogP contribution in [0, 0.1) is 13.8 Å². The van der Waals surface area contributed by atoms with E-state index in [4.69, 9.17) is 0 Å². The number of carbonyl (C=O) groups is 1. The normalized spacial score (nSPS) is 20.1. The van der Waals surface area contributed by atoms with E-state index in [1.54, 1.807) is 11.3 Å². The third kappa shape index (κ3) is 4.21. The molecular weight excluding hydrogens is 360 g/mol. The molecule has 0 aromatic carbocycles. The van der Waals surface area contributed by atoms with Crippen molar-refractivity contribution in [3.8, 4) is 0 Å². The number of urea groups is 1. The average Bonchev–Trinajstić information content (AvgIpc) is 3.31. The van der Waals surface area contributed by atoms with E-state index in [1.165, 1.54) is 6.42 Å². The Morgan fingerprint density at radius 2 is 1.96 bits per heavy atom. The van der Waals surface area contributed by atoms with Gasteiger partial charge in [-0.05, 0) is 39.5 Å². The number of amides is 2. The van der Waals surface area contributed by atoms with Gasteiger partial charge in [0.1, 0.15) is 11.6 Å². The second-order valence-corrected chi connectivity index (χ2v) is 8.62. The van der Waals surface area contributed by atoms with Crippen molar-refractivity contribution in [3.05, 3.63) is 28.7 Å². The zero-order chi connectivity index (χ0) is 18.8. The molecule has 2 aliphatic heterocycles. The number of rotatable bonds is 3. The molecule has 1 atom stereocenters. The summed E-state index contributed by atoms with van der Waals surface area (Å²) >= 11 is 1.61. The van der Waals surface area contributed by atoms with Crippen LogP contribution in [-0.2, 0) is 0 Å². The minimum absolute atomic E-state index is 0.194. The van der Waals surface area contributed by atoms with Crippen LogP contribution in [0.3, 0.4) is 0 Å². The van der Waals surface area contributed by atoms with Crippen molar-refractivity contribution < 1.29 is 4.79 Å². The van der Waals surface area contributed by atoms with Crippen LogP contribution < -0.4 is 5.32 Å². The number of nitrogens with zero attached hydrogens (tertiary/aromatic N) is 5. The number of hydrogen-bond acceptors (Lipinski definition) is 6. The number of aryl methyl sites for hydroxylation is 2. The SMILES string of the molecule is Cc1nc(Nc2ncc(C)s2)cc(C2CCN(C(=O)N3CCCCC3)C2)n1. The van der Waals surface area contributed by atoms with Crippen LogP contribution in [0.25, 0.3) is 0 Å². The molecular formula is C19H26N6OS. The molecule has 0 spiro atoms. The molecule has 0 saturated carbocycles. The van der Waals surface area contributed by atoms with Gasteiger partial charge in [-0.3, -0.25) is 0 Å². The maximum atomic E-state index is 12.8. The molecule has 2 fully saturated rings. The fourth-order valence-electron chi connectivity index (χ4n) is 3.85. The first-order valence-corrected chi connectivity index (χ1v) is 10.5. The lowest BCUT2D eigenvalue weighted by Gasteiger charge is -2.31. The summed E-state index contributed by atoms with van der Waals surface area (Å²) in [4.78, 5) is 31.4. The number of nitrogens with one attached hydrogen (secondary N) is 1. The molecule has 4 rings (SSSR count). The zero-order valence-electron chi connectivity index (χ0n) is 15.9. The van der Waals surface area contributed by atoms with Gasteiger partial charge in [0.05, 0.1) is 5.69 Å². The molecule has 2 amide bonds. The van der Waals surface area contributed by atoms with Gasteiger partial charge in [-0.25, -0.2) is 19.7 Å². The summed E-state index contributed by atoms with van der Waals surface area (Å²) in [6.45, 7) is 7.28. The minimum atomic E-state index is 0.194. The van der Waals surface area contributed by atoms with Gasteiger partial charge in [0.15, 0.2) is 5.13 Å². The van der Waals surface area contributed by atoms with Gasteiger partial charge in [-0.2, -0.15) is 0 Å². The van der Waals surface area contributed by atoms with E-state index in [2.05, 4.69) is 20.3 Å². The molecule has 1 N–H and O–H groups in total.